The number of oxime groups is 1. The maximum atomic E-state index is 13.3. The minimum Gasteiger partial charge on any atom is -0.409 e. The minimum atomic E-state index is -0.405. The molecule has 1 heterocycles. The first-order chi connectivity index (χ1) is 9.15. The van der Waals surface area contributed by atoms with Gasteiger partial charge in [-0.15, -0.1) is 0 Å². The van der Waals surface area contributed by atoms with Gasteiger partial charge in [0.1, 0.15) is 5.82 Å². The molecular formula is C13H18FN3O2. The van der Waals surface area contributed by atoms with Crippen LogP contribution in [-0.2, 0) is 4.74 Å². The van der Waals surface area contributed by atoms with Crippen LogP contribution in [0.25, 0.3) is 0 Å². The van der Waals surface area contributed by atoms with Crippen molar-refractivity contribution in [3.05, 3.63) is 29.6 Å². The van der Waals surface area contributed by atoms with E-state index >= 15 is 0 Å². The Bertz CT molecular complexity index is 479. The fraction of sp³-hybridized carbons (Fsp3) is 0.462. The quantitative estimate of drug-likeness (QED) is 0.374. The highest BCUT2D eigenvalue weighted by Crippen LogP contribution is 2.27. The smallest absolute Gasteiger partial charge is 0.172 e. The van der Waals surface area contributed by atoms with Crippen LogP contribution < -0.4 is 10.6 Å². The van der Waals surface area contributed by atoms with Gasteiger partial charge < -0.3 is 20.6 Å². The molecule has 3 N–H and O–H groups in total. The standard InChI is InChI=1S/C13H18FN3O2/c1-19-8-9-4-5-17(7-9)12-3-2-10(14)6-11(12)13(15)16-18/h2-3,6,9,18H,4-5,7-8H2,1H3,(H2,15,16). The molecule has 0 radical (unpaired) electrons. The zero-order valence-electron chi connectivity index (χ0n) is 10.8. The molecule has 1 aromatic rings. The number of anilines is 1. The zero-order chi connectivity index (χ0) is 13.8. The molecule has 1 saturated heterocycles. The molecule has 1 aromatic carbocycles. The van der Waals surface area contributed by atoms with Crippen molar-refractivity contribution in [2.24, 2.45) is 16.8 Å². The Labute approximate surface area is 111 Å². The average Bonchev–Trinajstić information content (AvgIpc) is 2.86. The van der Waals surface area contributed by atoms with Gasteiger partial charge in [-0.1, -0.05) is 5.16 Å². The summed E-state index contributed by atoms with van der Waals surface area (Å²) in [6, 6.07) is 4.33. The molecule has 1 atom stereocenters. The molecule has 0 saturated carbocycles. The van der Waals surface area contributed by atoms with Crippen molar-refractivity contribution in [1.29, 1.82) is 0 Å². The number of hydrogen-bond acceptors (Lipinski definition) is 4. The summed E-state index contributed by atoms with van der Waals surface area (Å²) < 4.78 is 18.5. The van der Waals surface area contributed by atoms with Crippen LogP contribution in [0.15, 0.2) is 23.4 Å². The number of hydrogen-bond donors (Lipinski definition) is 2. The molecule has 2 rings (SSSR count). The maximum absolute atomic E-state index is 13.3. The van der Waals surface area contributed by atoms with Gasteiger partial charge in [0.05, 0.1) is 6.61 Å². The van der Waals surface area contributed by atoms with E-state index in [9.17, 15) is 4.39 Å². The lowest BCUT2D eigenvalue weighted by Crippen LogP contribution is -2.25. The van der Waals surface area contributed by atoms with Gasteiger partial charge in [-0.3, -0.25) is 0 Å². The highest BCUT2D eigenvalue weighted by atomic mass is 19.1. The Morgan fingerprint density at radius 3 is 3.11 bits per heavy atom. The molecule has 6 heteroatoms. The van der Waals surface area contributed by atoms with Gasteiger partial charge in [-0.05, 0) is 24.6 Å². The van der Waals surface area contributed by atoms with Crippen LogP contribution in [0.3, 0.4) is 0 Å². The number of ether oxygens (including phenoxy) is 1. The van der Waals surface area contributed by atoms with Gasteiger partial charge in [0.15, 0.2) is 5.84 Å². The maximum Gasteiger partial charge on any atom is 0.172 e. The van der Waals surface area contributed by atoms with Crippen molar-refractivity contribution in [2.45, 2.75) is 6.42 Å². The lowest BCUT2D eigenvalue weighted by Gasteiger charge is -2.21. The number of nitrogens with zero attached hydrogens (tertiary/aromatic N) is 2. The summed E-state index contributed by atoms with van der Waals surface area (Å²) in [5.41, 5.74) is 6.81. The van der Waals surface area contributed by atoms with Gasteiger partial charge in [-0.25, -0.2) is 4.39 Å². The van der Waals surface area contributed by atoms with Crippen molar-refractivity contribution in [2.75, 3.05) is 31.7 Å². The molecule has 19 heavy (non-hydrogen) atoms. The molecule has 1 aliphatic heterocycles. The van der Waals surface area contributed by atoms with Gasteiger partial charge in [0.2, 0.25) is 0 Å². The SMILES string of the molecule is COCC1CCN(c2ccc(F)cc2C(N)=NO)C1. The van der Waals surface area contributed by atoms with E-state index in [0.717, 1.165) is 25.2 Å². The molecule has 0 aliphatic carbocycles. The molecule has 1 aliphatic rings. The van der Waals surface area contributed by atoms with Crippen molar-refractivity contribution in [3.63, 3.8) is 0 Å². The van der Waals surface area contributed by atoms with Gasteiger partial charge in [0.25, 0.3) is 0 Å². The predicted octanol–water partition coefficient (Wildman–Crippen LogP) is 1.39. The topological polar surface area (TPSA) is 71.1 Å². The van der Waals surface area contributed by atoms with Crippen molar-refractivity contribution < 1.29 is 14.3 Å². The predicted molar refractivity (Wildman–Crippen MR) is 71.1 cm³/mol. The molecule has 0 bridgehead atoms. The largest absolute Gasteiger partial charge is 0.409 e. The Morgan fingerprint density at radius 2 is 2.42 bits per heavy atom. The summed E-state index contributed by atoms with van der Waals surface area (Å²) in [4.78, 5) is 2.11. The lowest BCUT2D eigenvalue weighted by atomic mass is 10.1. The number of halogens is 1. The summed E-state index contributed by atoms with van der Waals surface area (Å²) in [5, 5.41) is 11.7. The van der Waals surface area contributed by atoms with Crippen LogP contribution >= 0.6 is 0 Å². The molecule has 0 aromatic heterocycles. The third-order valence-corrected chi connectivity index (χ3v) is 3.37. The molecular weight excluding hydrogens is 249 g/mol. The normalized spacial score (nSPS) is 20.0. The van der Waals surface area contributed by atoms with E-state index < -0.39 is 5.82 Å². The van der Waals surface area contributed by atoms with Crippen LogP contribution in [0.4, 0.5) is 10.1 Å². The van der Waals surface area contributed by atoms with E-state index in [1.807, 2.05) is 0 Å². The van der Waals surface area contributed by atoms with Gasteiger partial charge in [0, 0.05) is 37.4 Å². The Balaban J connectivity index is 2.25. The number of amidine groups is 1. The second-order valence-corrected chi connectivity index (χ2v) is 4.70. The number of benzene rings is 1. The zero-order valence-corrected chi connectivity index (χ0v) is 10.8. The third-order valence-electron chi connectivity index (χ3n) is 3.37. The fourth-order valence-corrected chi connectivity index (χ4v) is 2.47. The first-order valence-corrected chi connectivity index (χ1v) is 6.17. The van der Waals surface area contributed by atoms with Crippen LogP contribution in [0.2, 0.25) is 0 Å². The number of nitrogens with two attached hydrogens (primary N) is 1. The van der Waals surface area contributed by atoms with E-state index in [1.54, 1.807) is 13.2 Å². The first-order valence-electron chi connectivity index (χ1n) is 6.17. The first kappa shape index (κ1) is 13.6. The molecule has 5 nitrogen and oxygen atoms in total. The summed E-state index contributed by atoms with van der Waals surface area (Å²) in [7, 11) is 1.68. The Morgan fingerprint density at radius 1 is 1.63 bits per heavy atom. The highest BCUT2D eigenvalue weighted by molar-refractivity contribution is 6.02. The van der Waals surface area contributed by atoms with Crippen LogP contribution in [0, 0.1) is 11.7 Å². The summed E-state index contributed by atoms with van der Waals surface area (Å²) in [6.45, 7) is 2.38. The van der Waals surface area contributed by atoms with Crippen molar-refractivity contribution in [3.8, 4) is 0 Å². The van der Waals surface area contributed by atoms with E-state index in [0.29, 0.717) is 18.1 Å². The van der Waals surface area contributed by atoms with Gasteiger partial charge in [-0.2, -0.15) is 0 Å². The van der Waals surface area contributed by atoms with Crippen molar-refractivity contribution >= 4 is 11.5 Å². The molecule has 0 amide bonds. The Kier molecular flexibility index (Phi) is 4.21. The minimum absolute atomic E-state index is 0.0790. The summed E-state index contributed by atoms with van der Waals surface area (Å²) in [5.74, 6) is -0.0297. The molecule has 104 valence electrons. The monoisotopic (exact) mass is 267 g/mol. The van der Waals surface area contributed by atoms with Crippen LogP contribution in [0.1, 0.15) is 12.0 Å². The number of methoxy groups -OCH3 is 1. The molecule has 1 unspecified atom stereocenters. The third kappa shape index (κ3) is 2.96. The molecule has 1 fully saturated rings. The summed E-state index contributed by atoms with van der Waals surface area (Å²) >= 11 is 0. The van der Waals surface area contributed by atoms with Crippen LogP contribution in [0.5, 0.6) is 0 Å². The highest BCUT2D eigenvalue weighted by Gasteiger charge is 2.25. The van der Waals surface area contributed by atoms with E-state index in [4.69, 9.17) is 15.7 Å². The van der Waals surface area contributed by atoms with E-state index in [2.05, 4.69) is 10.1 Å². The Hall–Kier alpha value is -1.82. The second kappa shape index (κ2) is 5.88. The fourth-order valence-electron chi connectivity index (χ4n) is 2.47. The average molecular weight is 267 g/mol. The molecule has 0 spiro atoms. The lowest BCUT2D eigenvalue weighted by molar-refractivity contribution is 0.161. The van der Waals surface area contributed by atoms with E-state index in [1.165, 1.54) is 12.1 Å². The van der Waals surface area contributed by atoms with Crippen molar-refractivity contribution in [1.82, 2.24) is 0 Å². The number of rotatable bonds is 4. The van der Waals surface area contributed by atoms with Gasteiger partial charge >= 0.3 is 0 Å². The van der Waals surface area contributed by atoms with E-state index in [-0.39, 0.29) is 5.84 Å². The second-order valence-electron chi connectivity index (χ2n) is 4.70. The van der Waals surface area contributed by atoms with Crippen LogP contribution in [-0.4, -0.2) is 37.8 Å². The summed E-state index contributed by atoms with van der Waals surface area (Å²) in [6.07, 6.45) is 1.01.